The molecule has 0 atom stereocenters. The van der Waals surface area contributed by atoms with Crippen LogP contribution in [0.25, 0.3) is 0 Å². The molecule has 2 N–H and O–H groups in total. The first kappa shape index (κ1) is 21.9. The molecule has 0 bridgehead atoms. The Morgan fingerprint density at radius 2 is 1.69 bits per heavy atom. The maximum Gasteiger partial charge on any atom is 0.344 e. The zero-order valence-corrected chi connectivity index (χ0v) is 17.1. The molecule has 2 aromatic carbocycles. The van der Waals surface area contributed by atoms with Crippen LogP contribution in [0.2, 0.25) is 0 Å². The minimum atomic E-state index is -0.635. The van der Waals surface area contributed by atoms with E-state index >= 15 is 0 Å². The van der Waals surface area contributed by atoms with Crippen molar-refractivity contribution in [3.63, 3.8) is 0 Å². The molecule has 0 saturated heterocycles. The summed E-state index contributed by atoms with van der Waals surface area (Å²) in [6.07, 6.45) is 0. The van der Waals surface area contributed by atoms with E-state index in [0.29, 0.717) is 22.9 Å². The maximum atomic E-state index is 11.9. The van der Waals surface area contributed by atoms with E-state index in [9.17, 15) is 14.4 Å². The van der Waals surface area contributed by atoms with Crippen LogP contribution in [-0.2, 0) is 14.3 Å². The number of benzene rings is 2. The van der Waals surface area contributed by atoms with E-state index in [-0.39, 0.29) is 12.5 Å². The summed E-state index contributed by atoms with van der Waals surface area (Å²) in [5.41, 5.74) is 3.00. The van der Waals surface area contributed by atoms with Crippen molar-refractivity contribution in [1.82, 2.24) is 5.32 Å². The van der Waals surface area contributed by atoms with E-state index in [4.69, 9.17) is 9.47 Å². The Bertz CT molecular complexity index is 875. The number of amides is 2. The summed E-state index contributed by atoms with van der Waals surface area (Å²) in [5.74, 6) is -0.368. The Balaban J connectivity index is 1.79. The summed E-state index contributed by atoms with van der Waals surface area (Å²) in [6.45, 7) is 5.34. The van der Waals surface area contributed by atoms with Crippen LogP contribution in [0, 0.1) is 6.92 Å². The average molecular weight is 398 g/mol. The lowest BCUT2D eigenvalue weighted by molar-refractivity contribution is -0.149. The Labute approximate surface area is 170 Å². The molecule has 0 unspecified atom stereocenters. The largest absolute Gasteiger partial charge is 0.482 e. The van der Waals surface area contributed by atoms with Gasteiger partial charge in [-0.15, -0.1) is 0 Å². The van der Waals surface area contributed by atoms with Crippen molar-refractivity contribution in [3.05, 3.63) is 59.2 Å². The number of carbonyl (C=O) groups is 3. The number of ether oxygens (including phenoxy) is 2. The van der Waals surface area contributed by atoms with Gasteiger partial charge in [0.25, 0.3) is 11.8 Å². The van der Waals surface area contributed by atoms with Gasteiger partial charge in [-0.25, -0.2) is 4.79 Å². The summed E-state index contributed by atoms with van der Waals surface area (Å²) < 4.78 is 10.5. The van der Waals surface area contributed by atoms with E-state index < -0.39 is 18.5 Å². The van der Waals surface area contributed by atoms with Gasteiger partial charge in [0.15, 0.2) is 13.2 Å². The SMILES string of the molecule is CNC(=O)c1ccc(NC(=O)COC(=O)COc2cc(C(C)C)ccc2C)cc1. The second kappa shape index (κ2) is 10.3. The van der Waals surface area contributed by atoms with E-state index in [0.717, 1.165) is 11.1 Å². The van der Waals surface area contributed by atoms with Crippen LogP contribution in [0.15, 0.2) is 42.5 Å². The molecule has 2 rings (SSSR count). The molecule has 29 heavy (non-hydrogen) atoms. The molecule has 0 aromatic heterocycles. The molecule has 0 fully saturated rings. The quantitative estimate of drug-likeness (QED) is 0.667. The first-order valence-electron chi connectivity index (χ1n) is 9.31. The molecule has 7 nitrogen and oxygen atoms in total. The molecule has 0 aliphatic heterocycles. The first-order chi connectivity index (χ1) is 13.8. The van der Waals surface area contributed by atoms with Crippen molar-refractivity contribution in [1.29, 1.82) is 0 Å². The van der Waals surface area contributed by atoms with Crippen molar-refractivity contribution in [2.24, 2.45) is 0 Å². The zero-order valence-electron chi connectivity index (χ0n) is 17.1. The molecular weight excluding hydrogens is 372 g/mol. The topological polar surface area (TPSA) is 93.7 Å². The van der Waals surface area contributed by atoms with Crippen molar-refractivity contribution in [2.75, 3.05) is 25.6 Å². The lowest BCUT2D eigenvalue weighted by Crippen LogP contribution is -2.24. The van der Waals surface area contributed by atoms with Gasteiger partial charge in [-0.3, -0.25) is 9.59 Å². The molecule has 0 aliphatic carbocycles. The molecule has 2 aromatic rings. The lowest BCUT2D eigenvalue weighted by Gasteiger charge is -2.12. The number of carbonyl (C=O) groups excluding carboxylic acids is 3. The second-order valence-corrected chi connectivity index (χ2v) is 6.83. The summed E-state index contributed by atoms with van der Waals surface area (Å²) in [7, 11) is 1.54. The third kappa shape index (κ3) is 6.64. The highest BCUT2D eigenvalue weighted by atomic mass is 16.6. The number of hydrogen-bond donors (Lipinski definition) is 2. The second-order valence-electron chi connectivity index (χ2n) is 6.83. The van der Waals surface area contributed by atoms with Gasteiger partial charge in [0.2, 0.25) is 0 Å². The van der Waals surface area contributed by atoms with Gasteiger partial charge in [0.1, 0.15) is 5.75 Å². The predicted molar refractivity (Wildman–Crippen MR) is 110 cm³/mol. The van der Waals surface area contributed by atoms with Gasteiger partial charge < -0.3 is 20.1 Å². The standard InChI is InChI=1S/C22H26N2O5/c1-14(2)17-6-5-15(3)19(11-17)28-13-21(26)29-12-20(25)24-18-9-7-16(8-10-18)22(27)23-4/h5-11,14H,12-13H2,1-4H3,(H,23,27)(H,24,25). The number of anilines is 1. The number of aryl methyl sites for hydroxylation is 1. The zero-order chi connectivity index (χ0) is 21.4. The molecule has 0 saturated carbocycles. The molecular formula is C22H26N2O5. The minimum Gasteiger partial charge on any atom is -0.482 e. The van der Waals surface area contributed by atoms with Crippen LogP contribution >= 0.6 is 0 Å². The average Bonchev–Trinajstić information content (AvgIpc) is 2.71. The fourth-order valence-electron chi connectivity index (χ4n) is 2.50. The van der Waals surface area contributed by atoms with E-state index in [1.807, 2.05) is 25.1 Å². The third-order valence-electron chi connectivity index (χ3n) is 4.25. The fraction of sp³-hybridized carbons (Fsp3) is 0.318. The third-order valence-corrected chi connectivity index (χ3v) is 4.25. The monoisotopic (exact) mass is 398 g/mol. The van der Waals surface area contributed by atoms with Gasteiger partial charge in [0, 0.05) is 18.3 Å². The highest BCUT2D eigenvalue weighted by Gasteiger charge is 2.11. The van der Waals surface area contributed by atoms with Gasteiger partial charge in [-0.05, 0) is 54.3 Å². The van der Waals surface area contributed by atoms with Gasteiger partial charge >= 0.3 is 5.97 Å². The number of rotatable bonds is 8. The van der Waals surface area contributed by atoms with Gasteiger partial charge in [-0.2, -0.15) is 0 Å². The predicted octanol–water partition coefficient (Wildman–Crippen LogP) is 3.04. The summed E-state index contributed by atoms with van der Waals surface area (Å²) in [6, 6.07) is 12.2. The maximum absolute atomic E-state index is 11.9. The Morgan fingerprint density at radius 1 is 1.00 bits per heavy atom. The van der Waals surface area contributed by atoms with Crippen molar-refractivity contribution >= 4 is 23.5 Å². The van der Waals surface area contributed by atoms with Crippen LogP contribution in [0.3, 0.4) is 0 Å². The highest BCUT2D eigenvalue weighted by molar-refractivity contribution is 5.96. The molecule has 0 spiro atoms. The van der Waals surface area contributed by atoms with Crippen LogP contribution in [0.1, 0.15) is 41.3 Å². The normalized spacial score (nSPS) is 10.4. The molecule has 7 heteroatoms. The van der Waals surface area contributed by atoms with Gasteiger partial charge in [-0.1, -0.05) is 26.0 Å². The Kier molecular flexibility index (Phi) is 7.77. The van der Waals surface area contributed by atoms with Crippen molar-refractivity contribution in [3.8, 4) is 5.75 Å². The van der Waals surface area contributed by atoms with E-state index in [2.05, 4.69) is 24.5 Å². The fourth-order valence-corrected chi connectivity index (χ4v) is 2.50. The van der Waals surface area contributed by atoms with Crippen molar-refractivity contribution in [2.45, 2.75) is 26.7 Å². The summed E-state index contributed by atoms with van der Waals surface area (Å²) in [4.78, 5) is 35.3. The minimum absolute atomic E-state index is 0.217. The summed E-state index contributed by atoms with van der Waals surface area (Å²) in [5, 5.41) is 5.11. The van der Waals surface area contributed by atoms with E-state index in [1.54, 1.807) is 31.3 Å². The molecule has 2 amide bonds. The van der Waals surface area contributed by atoms with Crippen LogP contribution < -0.4 is 15.4 Å². The highest BCUT2D eigenvalue weighted by Crippen LogP contribution is 2.24. The molecule has 0 heterocycles. The van der Waals surface area contributed by atoms with Crippen molar-refractivity contribution < 1.29 is 23.9 Å². The molecule has 0 aliphatic rings. The Morgan fingerprint density at radius 3 is 2.31 bits per heavy atom. The van der Waals surface area contributed by atoms with E-state index in [1.165, 1.54) is 0 Å². The Hall–Kier alpha value is -3.35. The smallest absolute Gasteiger partial charge is 0.344 e. The lowest BCUT2D eigenvalue weighted by atomic mass is 10.0. The molecule has 0 radical (unpaired) electrons. The number of esters is 1. The van der Waals surface area contributed by atoms with Crippen LogP contribution in [0.4, 0.5) is 5.69 Å². The number of nitrogens with one attached hydrogen (secondary N) is 2. The van der Waals surface area contributed by atoms with Crippen LogP contribution in [-0.4, -0.2) is 38.0 Å². The molecule has 154 valence electrons. The first-order valence-corrected chi connectivity index (χ1v) is 9.31. The summed E-state index contributed by atoms with van der Waals surface area (Å²) >= 11 is 0. The number of hydrogen-bond acceptors (Lipinski definition) is 5. The van der Waals surface area contributed by atoms with Crippen LogP contribution in [0.5, 0.6) is 5.75 Å². The van der Waals surface area contributed by atoms with Gasteiger partial charge in [0.05, 0.1) is 0 Å².